The second-order valence-corrected chi connectivity index (χ2v) is 20.4. The van der Waals surface area contributed by atoms with Gasteiger partial charge in [0.15, 0.2) is 0 Å². The molecule has 0 aromatic heterocycles. The molecule has 4 heteroatoms. The first-order valence-electron chi connectivity index (χ1n) is 26.8. The largest absolute Gasteiger partial charge is 0.392 e. The molecule has 0 unspecified atom stereocenters. The van der Waals surface area contributed by atoms with Crippen molar-refractivity contribution in [1.82, 2.24) is 0 Å². The molecule has 0 bridgehead atoms. The predicted octanol–water partition coefficient (Wildman–Crippen LogP) is 17.9. The molecule has 4 rings (SSSR count). The van der Waals surface area contributed by atoms with Crippen LogP contribution in [0, 0.1) is 0 Å². The molecule has 2 aromatic rings. The second-order valence-electron chi connectivity index (χ2n) is 20.4. The zero-order chi connectivity index (χ0) is 45.2. The van der Waals surface area contributed by atoms with Crippen LogP contribution in [-0.2, 0) is 20.4 Å². The van der Waals surface area contributed by atoms with E-state index in [2.05, 4.69) is 108 Å². The summed E-state index contributed by atoms with van der Waals surface area (Å²) in [7, 11) is 0. The minimum absolute atomic E-state index is 0.184. The average molecular weight is 862 g/mol. The predicted molar refractivity (Wildman–Crippen MR) is 273 cm³/mol. The number of para-hydroxylation sites is 2. The third kappa shape index (κ3) is 16.6. The van der Waals surface area contributed by atoms with Gasteiger partial charge in [0.2, 0.25) is 17.3 Å². The van der Waals surface area contributed by atoms with Crippen LogP contribution in [0.1, 0.15) is 258 Å². The molecule has 2 aliphatic heterocycles. The number of unbranched alkanes of at least 4 members (excludes halogenated alkanes) is 28. The minimum atomic E-state index is -0.326. The summed E-state index contributed by atoms with van der Waals surface area (Å²) >= 11 is 0. The van der Waals surface area contributed by atoms with E-state index >= 15 is 0 Å². The zero-order valence-corrected chi connectivity index (χ0v) is 41.7. The molecule has 0 atom stereocenters. The lowest BCUT2D eigenvalue weighted by atomic mass is 9.81. The highest BCUT2D eigenvalue weighted by molar-refractivity contribution is 6.06. The van der Waals surface area contributed by atoms with Gasteiger partial charge in [0.1, 0.15) is 0 Å². The maximum atomic E-state index is 14.1. The average Bonchev–Trinajstić information content (AvgIpc) is 3.65. The number of hydrogen-bond donors (Lipinski definition) is 0. The molecule has 0 radical (unpaired) electrons. The lowest BCUT2D eigenvalue weighted by Crippen LogP contribution is -2.32. The van der Waals surface area contributed by atoms with Crippen molar-refractivity contribution >= 4 is 28.9 Å². The molecule has 2 aliphatic rings. The van der Waals surface area contributed by atoms with Crippen molar-refractivity contribution in [1.29, 1.82) is 0 Å². The fraction of sp³-hybridized carbons (Fsp3) is 0.678. The van der Waals surface area contributed by atoms with Crippen LogP contribution in [0.4, 0.5) is 11.4 Å². The number of nitrogens with zero attached hydrogens (tertiary/aromatic N) is 2. The number of amides is 2. The first-order valence-corrected chi connectivity index (χ1v) is 26.8. The van der Waals surface area contributed by atoms with E-state index in [1.807, 2.05) is 9.48 Å². The van der Waals surface area contributed by atoms with Crippen LogP contribution in [0.2, 0.25) is 0 Å². The van der Waals surface area contributed by atoms with Crippen molar-refractivity contribution in [2.75, 3.05) is 4.90 Å². The lowest BCUT2D eigenvalue weighted by molar-refractivity contribution is -0.365. The van der Waals surface area contributed by atoms with Gasteiger partial charge in [0, 0.05) is 35.2 Å². The summed E-state index contributed by atoms with van der Waals surface area (Å²) < 4.78 is 2.00. The van der Waals surface area contributed by atoms with E-state index in [-0.39, 0.29) is 22.6 Å². The maximum Gasteiger partial charge on any atom is 0.392 e. The van der Waals surface area contributed by atoms with E-state index in [0.29, 0.717) is 12.8 Å². The van der Waals surface area contributed by atoms with Gasteiger partial charge < -0.3 is 0 Å². The zero-order valence-electron chi connectivity index (χ0n) is 41.7. The number of rotatable bonds is 34. The van der Waals surface area contributed by atoms with Crippen LogP contribution in [0.3, 0.4) is 0 Å². The summed E-state index contributed by atoms with van der Waals surface area (Å²) in [5.74, 6) is 0.368. The molecule has 4 nitrogen and oxygen atoms in total. The molecule has 0 saturated carbocycles. The summed E-state index contributed by atoms with van der Waals surface area (Å²) in [6.07, 6.45) is 47.0. The number of carbonyl (C=O) groups excluding carboxylic acids is 2. The second kappa shape index (κ2) is 29.3. The Bertz CT molecular complexity index is 1730. The molecule has 0 saturated heterocycles. The van der Waals surface area contributed by atoms with E-state index in [1.54, 1.807) is 0 Å². The number of allylic oxidation sites excluding steroid dienone is 4. The third-order valence-corrected chi connectivity index (χ3v) is 14.4. The molecule has 0 N–H and O–H groups in total. The molecular formula is C59H93N2O2+. The molecule has 0 spiro atoms. The number of anilines is 1. The lowest BCUT2D eigenvalue weighted by Gasteiger charge is -2.25. The first kappa shape index (κ1) is 52.4. The highest BCUT2D eigenvalue weighted by Gasteiger charge is 2.47. The highest BCUT2D eigenvalue weighted by Crippen LogP contribution is 2.48. The summed E-state index contributed by atoms with van der Waals surface area (Å²) in [5.41, 5.74) is 5.77. The van der Waals surface area contributed by atoms with Crippen LogP contribution in [0.25, 0.3) is 0 Å². The maximum absolute atomic E-state index is 14.1. The SMILES string of the molecule is CCCCCCCCCCCCCCCCCC(=O)N1/C(=C\C=C\C2=[N+](C(=O)CCCCCCCCCCCCCCCCC)c3ccccc3C2(C)C)C(C)(C)c2ccccc21. The molecule has 0 aliphatic carbocycles. The van der Waals surface area contributed by atoms with Gasteiger partial charge in [-0.15, -0.1) is 4.58 Å². The number of fused-ring (bicyclic) bond motifs is 2. The van der Waals surface area contributed by atoms with Gasteiger partial charge >= 0.3 is 5.91 Å². The fourth-order valence-electron chi connectivity index (χ4n) is 10.3. The molecule has 2 amide bonds. The summed E-state index contributed by atoms with van der Waals surface area (Å²) in [5, 5.41) is 0. The summed E-state index contributed by atoms with van der Waals surface area (Å²) in [4.78, 5) is 30.3. The van der Waals surface area contributed by atoms with Gasteiger partial charge in [0.25, 0.3) is 0 Å². The Labute approximate surface area is 387 Å². The van der Waals surface area contributed by atoms with Crippen LogP contribution in [-0.4, -0.2) is 22.1 Å². The molecule has 2 aromatic carbocycles. The molecule has 63 heavy (non-hydrogen) atoms. The Morgan fingerprint density at radius 1 is 0.492 bits per heavy atom. The Morgan fingerprint density at radius 3 is 1.37 bits per heavy atom. The number of carbonyl (C=O) groups is 2. The van der Waals surface area contributed by atoms with Crippen molar-refractivity contribution in [3.63, 3.8) is 0 Å². The topological polar surface area (TPSA) is 40.4 Å². The van der Waals surface area contributed by atoms with Crippen molar-refractivity contribution in [3.8, 4) is 0 Å². The fourth-order valence-corrected chi connectivity index (χ4v) is 10.3. The first-order chi connectivity index (χ1) is 30.7. The van der Waals surface area contributed by atoms with Gasteiger partial charge in [-0.25, -0.2) is 4.79 Å². The molecule has 2 heterocycles. The van der Waals surface area contributed by atoms with Crippen molar-refractivity contribution in [3.05, 3.63) is 83.6 Å². The van der Waals surface area contributed by atoms with Crippen LogP contribution in [0.15, 0.2) is 72.5 Å². The quantitative estimate of drug-likeness (QED) is 0.0519. The van der Waals surface area contributed by atoms with Crippen molar-refractivity contribution < 1.29 is 14.2 Å². The van der Waals surface area contributed by atoms with Crippen molar-refractivity contribution in [2.24, 2.45) is 0 Å². The Kier molecular flexibility index (Phi) is 24.4. The monoisotopic (exact) mass is 862 g/mol. The third-order valence-electron chi connectivity index (χ3n) is 14.4. The molecule has 0 fully saturated rings. The smallest absolute Gasteiger partial charge is 0.284 e. The number of hydrogen-bond acceptors (Lipinski definition) is 2. The number of benzene rings is 2. The van der Waals surface area contributed by atoms with Crippen molar-refractivity contribution in [2.45, 2.75) is 258 Å². The van der Waals surface area contributed by atoms with E-state index in [9.17, 15) is 9.59 Å². The van der Waals surface area contributed by atoms with E-state index in [0.717, 1.165) is 48.5 Å². The van der Waals surface area contributed by atoms with Gasteiger partial charge in [-0.2, -0.15) is 0 Å². The van der Waals surface area contributed by atoms with Crippen LogP contribution >= 0.6 is 0 Å². The van der Waals surface area contributed by atoms with Crippen LogP contribution in [0.5, 0.6) is 0 Å². The normalized spacial score (nSPS) is 15.8. The van der Waals surface area contributed by atoms with Crippen LogP contribution < -0.4 is 4.90 Å². The summed E-state index contributed by atoms with van der Waals surface area (Å²) in [6, 6.07) is 16.9. The van der Waals surface area contributed by atoms with E-state index < -0.39 is 0 Å². The molecular weight excluding hydrogens is 769 g/mol. The van der Waals surface area contributed by atoms with E-state index in [4.69, 9.17) is 0 Å². The standard InChI is InChI=1S/C59H93N2O2/c1-7-9-11-13-15-17-19-21-23-25-27-29-31-33-35-48-56(62)60-52-44-39-37-42-50(52)58(3,4)54(60)46-41-47-55-59(5,6)51-43-38-40-45-53(51)61(55)57(63)49-36-34-32-30-28-26-24-22-20-18-16-14-12-10-8-2/h37-47H,7-36,48-49H2,1-6H3/q+1. The van der Waals surface area contributed by atoms with Gasteiger partial charge in [0.05, 0.1) is 17.5 Å². The van der Waals surface area contributed by atoms with E-state index in [1.165, 1.54) is 178 Å². The van der Waals surface area contributed by atoms with Gasteiger partial charge in [-0.05, 0) is 44.4 Å². The molecule has 350 valence electrons. The van der Waals surface area contributed by atoms with Gasteiger partial charge in [-0.3, -0.25) is 9.69 Å². The Balaban J connectivity index is 1.29. The Morgan fingerprint density at radius 2 is 0.889 bits per heavy atom. The summed E-state index contributed by atoms with van der Waals surface area (Å²) in [6.45, 7) is 13.5. The minimum Gasteiger partial charge on any atom is -0.284 e. The van der Waals surface area contributed by atoms with Gasteiger partial charge in [-0.1, -0.05) is 250 Å². The highest BCUT2D eigenvalue weighted by atomic mass is 16.2. The Hall–Kier alpha value is -3.27.